The van der Waals surface area contributed by atoms with Crippen molar-refractivity contribution in [2.75, 3.05) is 13.1 Å². The molecule has 2 rings (SSSR count). The van der Waals surface area contributed by atoms with Crippen LogP contribution >= 0.6 is 15.9 Å². The monoisotopic (exact) mass is 311 g/mol. The van der Waals surface area contributed by atoms with Crippen molar-refractivity contribution in [1.82, 2.24) is 4.90 Å². The number of rotatable bonds is 2. The number of aliphatic carboxylic acids is 1. The number of hydrogen-bond acceptors (Lipinski definition) is 2. The van der Waals surface area contributed by atoms with Crippen molar-refractivity contribution in [3.05, 3.63) is 34.3 Å². The smallest absolute Gasteiger partial charge is 0.306 e. The number of amides is 1. The summed E-state index contributed by atoms with van der Waals surface area (Å²) in [5.41, 5.74) is 0.637. The van der Waals surface area contributed by atoms with Crippen molar-refractivity contribution in [1.29, 1.82) is 0 Å². The zero-order chi connectivity index (χ0) is 13.1. The number of hydrogen-bond donors (Lipinski definition) is 1. The Balaban J connectivity index is 2.02. The van der Waals surface area contributed by atoms with Crippen molar-refractivity contribution < 1.29 is 14.7 Å². The van der Waals surface area contributed by atoms with Gasteiger partial charge in [-0.05, 0) is 31.0 Å². The summed E-state index contributed by atoms with van der Waals surface area (Å²) in [7, 11) is 0. The highest BCUT2D eigenvalue weighted by Crippen LogP contribution is 2.20. The van der Waals surface area contributed by atoms with Gasteiger partial charge in [0.15, 0.2) is 0 Å². The van der Waals surface area contributed by atoms with Gasteiger partial charge in [0.1, 0.15) is 0 Å². The van der Waals surface area contributed by atoms with Crippen LogP contribution in [0.15, 0.2) is 28.7 Å². The maximum absolute atomic E-state index is 12.2. The molecule has 1 aromatic rings. The number of piperidine rings is 1. The molecule has 0 atom stereocenters. The first-order valence-electron chi connectivity index (χ1n) is 5.85. The summed E-state index contributed by atoms with van der Waals surface area (Å²) in [4.78, 5) is 24.7. The van der Waals surface area contributed by atoms with Crippen LogP contribution in [0.25, 0.3) is 0 Å². The maximum atomic E-state index is 12.2. The molecule has 1 amide bonds. The van der Waals surface area contributed by atoms with E-state index in [0.717, 1.165) is 4.47 Å². The summed E-state index contributed by atoms with van der Waals surface area (Å²) in [6.07, 6.45) is 1.07. The number of nitrogens with zero attached hydrogens (tertiary/aromatic N) is 1. The number of carbonyl (C=O) groups is 2. The Morgan fingerprint density at radius 2 is 1.94 bits per heavy atom. The lowest BCUT2D eigenvalue weighted by atomic mass is 9.96. The van der Waals surface area contributed by atoms with E-state index in [9.17, 15) is 9.59 Å². The zero-order valence-electron chi connectivity index (χ0n) is 9.80. The van der Waals surface area contributed by atoms with Crippen LogP contribution in [0.3, 0.4) is 0 Å². The number of carboxylic acids is 1. The lowest BCUT2D eigenvalue weighted by molar-refractivity contribution is -0.143. The van der Waals surface area contributed by atoms with Crippen LogP contribution in [0.2, 0.25) is 0 Å². The first kappa shape index (κ1) is 13.1. The van der Waals surface area contributed by atoms with Gasteiger partial charge in [0, 0.05) is 23.1 Å². The van der Waals surface area contributed by atoms with Crippen LogP contribution in [0.1, 0.15) is 23.2 Å². The SMILES string of the molecule is O=C(O)C1CCN(C(=O)c2cccc(Br)c2)CC1. The van der Waals surface area contributed by atoms with E-state index in [0.29, 0.717) is 31.5 Å². The molecule has 5 heteroatoms. The molecule has 1 saturated heterocycles. The van der Waals surface area contributed by atoms with E-state index in [4.69, 9.17) is 5.11 Å². The number of halogens is 1. The summed E-state index contributed by atoms with van der Waals surface area (Å²) >= 11 is 3.33. The molecule has 0 aromatic heterocycles. The van der Waals surface area contributed by atoms with Crippen LogP contribution in [-0.4, -0.2) is 35.0 Å². The van der Waals surface area contributed by atoms with E-state index < -0.39 is 5.97 Å². The molecule has 0 unspecified atom stereocenters. The molecule has 1 fully saturated rings. The lowest BCUT2D eigenvalue weighted by Gasteiger charge is -2.30. The largest absolute Gasteiger partial charge is 0.481 e. The van der Waals surface area contributed by atoms with Crippen molar-refractivity contribution >= 4 is 27.8 Å². The Bertz CT molecular complexity index is 467. The van der Waals surface area contributed by atoms with Crippen molar-refractivity contribution in [3.8, 4) is 0 Å². The van der Waals surface area contributed by atoms with Gasteiger partial charge < -0.3 is 10.0 Å². The van der Waals surface area contributed by atoms with E-state index in [1.165, 1.54) is 0 Å². The molecule has 1 N–H and O–H groups in total. The van der Waals surface area contributed by atoms with Crippen LogP contribution in [0.5, 0.6) is 0 Å². The van der Waals surface area contributed by atoms with Gasteiger partial charge in [0.25, 0.3) is 5.91 Å². The fourth-order valence-electron chi connectivity index (χ4n) is 2.13. The second kappa shape index (κ2) is 5.52. The molecular weight excluding hydrogens is 298 g/mol. The summed E-state index contributed by atoms with van der Waals surface area (Å²) in [6.45, 7) is 1.03. The lowest BCUT2D eigenvalue weighted by Crippen LogP contribution is -2.40. The fourth-order valence-corrected chi connectivity index (χ4v) is 2.53. The third-order valence-corrected chi connectivity index (χ3v) is 3.70. The molecule has 0 saturated carbocycles. The highest BCUT2D eigenvalue weighted by Gasteiger charge is 2.27. The number of benzene rings is 1. The molecule has 1 heterocycles. The van der Waals surface area contributed by atoms with Crippen LogP contribution in [-0.2, 0) is 4.79 Å². The van der Waals surface area contributed by atoms with Crippen LogP contribution in [0.4, 0.5) is 0 Å². The molecule has 1 aliphatic rings. The molecule has 0 bridgehead atoms. The van der Waals surface area contributed by atoms with E-state index in [2.05, 4.69) is 15.9 Å². The van der Waals surface area contributed by atoms with Gasteiger partial charge >= 0.3 is 5.97 Å². The molecule has 4 nitrogen and oxygen atoms in total. The highest BCUT2D eigenvalue weighted by atomic mass is 79.9. The number of likely N-dealkylation sites (tertiary alicyclic amines) is 1. The minimum Gasteiger partial charge on any atom is -0.481 e. The van der Waals surface area contributed by atoms with E-state index in [1.807, 2.05) is 12.1 Å². The first-order valence-corrected chi connectivity index (χ1v) is 6.65. The van der Waals surface area contributed by atoms with Gasteiger partial charge in [-0.3, -0.25) is 9.59 Å². The van der Waals surface area contributed by atoms with Crippen LogP contribution < -0.4 is 0 Å². The topological polar surface area (TPSA) is 57.6 Å². The van der Waals surface area contributed by atoms with Crippen molar-refractivity contribution in [2.45, 2.75) is 12.8 Å². The van der Waals surface area contributed by atoms with E-state index in [1.54, 1.807) is 17.0 Å². The Morgan fingerprint density at radius 1 is 1.28 bits per heavy atom. The molecule has 96 valence electrons. The quantitative estimate of drug-likeness (QED) is 0.912. The second-order valence-corrected chi connectivity index (χ2v) is 5.33. The predicted molar refractivity (Wildman–Crippen MR) is 70.4 cm³/mol. The fraction of sp³-hybridized carbons (Fsp3) is 0.385. The first-order chi connectivity index (χ1) is 8.58. The Hall–Kier alpha value is -1.36. The standard InChI is InChI=1S/C13H14BrNO3/c14-11-3-1-2-10(8-11)12(16)15-6-4-9(5-7-15)13(17)18/h1-3,8-9H,4-7H2,(H,17,18). The molecule has 1 aliphatic heterocycles. The van der Waals surface area contributed by atoms with Gasteiger partial charge in [-0.25, -0.2) is 0 Å². The van der Waals surface area contributed by atoms with Crippen LogP contribution in [0, 0.1) is 5.92 Å². The second-order valence-electron chi connectivity index (χ2n) is 4.42. The average molecular weight is 312 g/mol. The highest BCUT2D eigenvalue weighted by molar-refractivity contribution is 9.10. The third kappa shape index (κ3) is 2.90. The summed E-state index contributed by atoms with van der Waals surface area (Å²) in [5, 5.41) is 8.91. The third-order valence-electron chi connectivity index (χ3n) is 3.20. The Labute approximate surface area is 114 Å². The predicted octanol–water partition coefficient (Wildman–Crippen LogP) is 2.39. The Morgan fingerprint density at radius 3 is 2.50 bits per heavy atom. The minimum atomic E-state index is -0.760. The summed E-state index contributed by atoms with van der Waals surface area (Å²) in [5.74, 6) is -1.10. The Kier molecular flexibility index (Phi) is 4.01. The molecule has 0 radical (unpaired) electrons. The average Bonchev–Trinajstić information content (AvgIpc) is 2.38. The maximum Gasteiger partial charge on any atom is 0.306 e. The van der Waals surface area contributed by atoms with Gasteiger partial charge in [0.05, 0.1) is 5.92 Å². The number of carbonyl (C=O) groups excluding carboxylic acids is 1. The van der Waals surface area contributed by atoms with Crippen molar-refractivity contribution in [3.63, 3.8) is 0 Å². The molecule has 0 aliphatic carbocycles. The molecule has 18 heavy (non-hydrogen) atoms. The molecule has 1 aromatic carbocycles. The zero-order valence-corrected chi connectivity index (χ0v) is 11.4. The molecule has 0 spiro atoms. The van der Waals surface area contributed by atoms with E-state index >= 15 is 0 Å². The minimum absolute atomic E-state index is 0.0276. The molecular formula is C13H14BrNO3. The summed E-state index contributed by atoms with van der Waals surface area (Å²) < 4.78 is 0.869. The summed E-state index contributed by atoms with van der Waals surface area (Å²) in [6, 6.07) is 7.25. The number of carboxylic acid groups (broad SMARTS) is 1. The normalized spacial score (nSPS) is 16.6. The van der Waals surface area contributed by atoms with Gasteiger partial charge in [0.2, 0.25) is 0 Å². The van der Waals surface area contributed by atoms with Gasteiger partial charge in [-0.15, -0.1) is 0 Å². The van der Waals surface area contributed by atoms with Gasteiger partial charge in [-0.1, -0.05) is 22.0 Å². The van der Waals surface area contributed by atoms with Crippen molar-refractivity contribution in [2.24, 2.45) is 5.92 Å². The van der Waals surface area contributed by atoms with E-state index in [-0.39, 0.29) is 11.8 Å². The van der Waals surface area contributed by atoms with Gasteiger partial charge in [-0.2, -0.15) is 0 Å².